The molecule has 0 heterocycles. The van der Waals surface area contributed by atoms with E-state index < -0.39 is 10.0 Å². The molecule has 5 nitrogen and oxygen atoms in total. The first-order valence-electron chi connectivity index (χ1n) is 6.56. The van der Waals surface area contributed by atoms with Gasteiger partial charge in [-0.3, -0.25) is 0 Å². The fraction of sp³-hybridized carbons (Fsp3) is 0.571. The Bertz CT molecular complexity index is 577. The van der Waals surface area contributed by atoms with Gasteiger partial charge in [-0.05, 0) is 37.6 Å². The molecule has 0 aliphatic heterocycles. The van der Waals surface area contributed by atoms with Crippen LogP contribution in [0, 0.1) is 5.41 Å². The SMILES string of the molecule is CNS(=O)(=O)c1cc(N)ccc1N(C)C(C)C(C)(C)C. The molecule has 0 saturated heterocycles. The summed E-state index contributed by atoms with van der Waals surface area (Å²) in [5.41, 5.74) is 6.83. The highest BCUT2D eigenvalue weighted by molar-refractivity contribution is 7.89. The van der Waals surface area contributed by atoms with Gasteiger partial charge in [0.2, 0.25) is 10.0 Å². The van der Waals surface area contributed by atoms with Crippen molar-refractivity contribution in [1.82, 2.24) is 4.72 Å². The number of nitrogens with zero attached hydrogens (tertiary/aromatic N) is 1. The van der Waals surface area contributed by atoms with Crippen LogP contribution in [0.2, 0.25) is 0 Å². The molecular weight excluding hydrogens is 274 g/mol. The second-order valence-corrected chi connectivity index (χ2v) is 7.94. The summed E-state index contributed by atoms with van der Waals surface area (Å²) >= 11 is 0. The van der Waals surface area contributed by atoms with Crippen molar-refractivity contribution in [3.8, 4) is 0 Å². The fourth-order valence-electron chi connectivity index (χ4n) is 1.94. The third kappa shape index (κ3) is 3.43. The van der Waals surface area contributed by atoms with Gasteiger partial charge in [0.25, 0.3) is 0 Å². The number of sulfonamides is 1. The molecule has 0 aliphatic rings. The first kappa shape index (κ1) is 16.8. The number of anilines is 2. The maximum atomic E-state index is 12.2. The number of rotatable bonds is 4. The summed E-state index contributed by atoms with van der Waals surface area (Å²) in [5.74, 6) is 0. The summed E-state index contributed by atoms with van der Waals surface area (Å²) in [6.07, 6.45) is 0. The van der Waals surface area contributed by atoms with Crippen molar-refractivity contribution in [3.05, 3.63) is 18.2 Å². The Morgan fingerprint density at radius 1 is 1.30 bits per heavy atom. The topological polar surface area (TPSA) is 75.4 Å². The maximum Gasteiger partial charge on any atom is 0.242 e. The molecule has 0 bridgehead atoms. The minimum absolute atomic E-state index is 0.0246. The highest BCUT2D eigenvalue weighted by Crippen LogP contribution is 2.32. The summed E-state index contributed by atoms with van der Waals surface area (Å²) in [4.78, 5) is 2.18. The summed E-state index contributed by atoms with van der Waals surface area (Å²) in [6, 6.07) is 5.13. The Hall–Kier alpha value is -1.27. The second kappa shape index (κ2) is 5.61. The molecule has 3 N–H and O–H groups in total. The van der Waals surface area contributed by atoms with Crippen molar-refractivity contribution < 1.29 is 8.42 Å². The number of hydrogen-bond acceptors (Lipinski definition) is 4. The molecule has 0 amide bonds. The van der Waals surface area contributed by atoms with Gasteiger partial charge in [-0.1, -0.05) is 20.8 Å². The molecule has 20 heavy (non-hydrogen) atoms. The smallest absolute Gasteiger partial charge is 0.242 e. The summed E-state index contributed by atoms with van der Waals surface area (Å²) in [7, 11) is -0.250. The van der Waals surface area contributed by atoms with Gasteiger partial charge in [-0.25, -0.2) is 13.1 Å². The highest BCUT2D eigenvalue weighted by atomic mass is 32.2. The Balaban J connectivity index is 3.40. The molecule has 6 heteroatoms. The molecule has 1 rings (SSSR count). The van der Waals surface area contributed by atoms with Gasteiger partial charge in [0, 0.05) is 18.8 Å². The Morgan fingerprint density at radius 3 is 2.30 bits per heavy atom. The maximum absolute atomic E-state index is 12.2. The van der Waals surface area contributed by atoms with E-state index in [0.29, 0.717) is 11.4 Å². The minimum atomic E-state index is -3.55. The summed E-state index contributed by atoms with van der Waals surface area (Å²) in [5, 5.41) is 0. The lowest BCUT2D eigenvalue weighted by atomic mass is 9.87. The van der Waals surface area contributed by atoms with Crippen LogP contribution >= 0.6 is 0 Å². The van der Waals surface area contributed by atoms with Gasteiger partial charge in [0.05, 0.1) is 5.69 Å². The third-order valence-electron chi connectivity index (χ3n) is 3.76. The Morgan fingerprint density at radius 2 is 1.85 bits per heavy atom. The standard InChI is InChI=1S/C14H25N3O2S/c1-10(14(2,3)4)17(6)12-8-7-11(15)9-13(12)20(18,19)16-5/h7-10,16H,15H2,1-6H3. The van der Waals surface area contributed by atoms with E-state index in [9.17, 15) is 8.42 Å². The Kier molecular flexibility index (Phi) is 4.71. The van der Waals surface area contributed by atoms with Crippen molar-refractivity contribution in [2.24, 2.45) is 5.41 Å². The molecule has 114 valence electrons. The predicted octanol–water partition coefficient (Wildman–Crippen LogP) is 2.05. The van der Waals surface area contributed by atoms with Crippen molar-refractivity contribution in [1.29, 1.82) is 0 Å². The Labute approximate surface area is 122 Å². The van der Waals surface area contributed by atoms with Crippen molar-refractivity contribution in [2.45, 2.75) is 38.6 Å². The van der Waals surface area contributed by atoms with Gasteiger partial charge in [0.1, 0.15) is 4.90 Å². The average molecular weight is 299 g/mol. The zero-order valence-electron chi connectivity index (χ0n) is 13.1. The van der Waals surface area contributed by atoms with Crippen LogP contribution < -0.4 is 15.4 Å². The molecule has 1 aromatic rings. The first-order valence-corrected chi connectivity index (χ1v) is 8.05. The molecule has 1 aromatic carbocycles. The number of hydrogen-bond donors (Lipinski definition) is 2. The molecule has 0 saturated carbocycles. The molecule has 0 spiro atoms. The third-order valence-corrected chi connectivity index (χ3v) is 5.20. The van der Waals surface area contributed by atoms with Gasteiger partial charge < -0.3 is 10.6 Å². The van der Waals surface area contributed by atoms with Crippen LogP contribution in [0.1, 0.15) is 27.7 Å². The molecule has 1 unspecified atom stereocenters. The lowest BCUT2D eigenvalue weighted by Crippen LogP contribution is -2.40. The number of nitrogens with two attached hydrogens (primary N) is 1. The van der Waals surface area contributed by atoms with E-state index in [-0.39, 0.29) is 16.4 Å². The van der Waals surface area contributed by atoms with E-state index in [1.54, 1.807) is 12.1 Å². The van der Waals surface area contributed by atoms with E-state index in [1.165, 1.54) is 13.1 Å². The van der Waals surface area contributed by atoms with Crippen LogP contribution in [-0.2, 0) is 10.0 Å². The lowest BCUT2D eigenvalue weighted by molar-refractivity contribution is 0.329. The van der Waals surface area contributed by atoms with Crippen LogP contribution in [0.4, 0.5) is 11.4 Å². The van der Waals surface area contributed by atoms with Gasteiger partial charge in [-0.15, -0.1) is 0 Å². The highest BCUT2D eigenvalue weighted by Gasteiger charge is 2.28. The minimum Gasteiger partial charge on any atom is -0.399 e. The molecule has 0 radical (unpaired) electrons. The fourth-order valence-corrected chi connectivity index (χ4v) is 2.94. The van der Waals surface area contributed by atoms with Crippen molar-refractivity contribution >= 4 is 21.4 Å². The van der Waals surface area contributed by atoms with Gasteiger partial charge in [-0.2, -0.15) is 0 Å². The van der Waals surface area contributed by atoms with E-state index in [1.807, 2.05) is 11.9 Å². The van der Waals surface area contributed by atoms with Crippen LogP contribution in [-0.4, -0.2) is 28.6 Å². The second-order valence-electron chi connectivity index (χ2n) is 6.09. The number of nitrogen functional groups attached to an aromatic ring is 1. The summed E-state index contributed by atoms with van der Waals surface area (Å²) in [6.45, 7) is 8.44. The largest absolute Gasteiger partial charge is 0.399 e. The van der Waals surface area contributed by atoms with Crippen LogP contribution in [0.5, 0.6) is 0 Å². The van der Waals surface area contributed by atoms with Crippen molar-refractivity contribution in [2.75, 3.05) is 24.7 Å². The van der Waals surface area contributed by atoms with Gasteiger partial charge >= 0.3 is 0 Å². The van der Waals surface area contributed by atoms with E-state index in [0.717, 1.165) is 0 Å². The normalized spacial score (nSPS) is 14.1. The van der Waals surface area contributed by atoms with Crippen molar-refractivity contribution in [3.63, 3.8) is 0 Å². The average Bonchev–Trinajstić information content (AvgIpc) is 2.35. The zero-order valence-corrected chi connectivity index (χ0v) is 13.9. The van der Waals surface area contributed by atoms with E-state index in [4.69, 9.17) is 5.73 Å². The predicted molar refractivity (Wildman–Crippen MR) is 84.4 cm³/mol. The lowest BCUT2D eigenvalue weighted by Gasteiger charge is -2.37. The van der Waals surface area contributed by atoms with Crippen LogP contribution in [0.3, 0.4) is 0 Å². The molecule has 0 aliphatic carbocycles. The monoisotopic (exact) mass is 299 g/mol. The first-order chi connectivity index (χ1) is 9.00. The quantitative estimate of drug-likeness (QED) is 0.834. The number of benzene rings is 1. The summed E-state index contributed by atoms with van der Waals surface area (Å²) < 4.78 is 26.7. The number of nitrogens with one attached hydrogen (secondary N) is 1. The van der Waals surface area contributed by atoms with E-state index >= 15 is 0 Å². The molecule has 1 atom stereocenters. The van der Waals surface area contributed by atoms with Crippen LogP contribution in [0.15, 0.2) is 23.1 Å². The van der Waals surface area contributed by atoms with E-state index in [2.05, 4.69) is 32.4 Å². The van der Waals surface area contributed by atoms with Crippen LogP contribution in [0.25, 0.3) is 0 Å². The molecular formula is C14H25N3O2S. The molecule has 0 fully saturated rings. The molecule has 0 aromatic heterocycles. The van der Waals surface area contributed by atoms with Gasteiger partial charge in [0.15, 0.2) is 0 Å². The zero-order chi connectivity index (χ0) is 15.7.